The SMILES string of the molecule is Cc1c(Cl)cccc1NC(=O)CNC(=O)C[NH+]1CCC(Cc2ccccc2)CC1. The van der Waals surface area contributed by atoms with Crippen molar-refractivity contribution in [3.63, 3.8) is 0 Å². The Morgan fingerprint density at radius 2 is 1.76 bits per heavy atom. The summed E-state index contributed by atoms with van der Waals surface area (Å²) in [5.74, 6) is 0.357. The number of halogens is 1. The lowest BCUT2D eigenvalue weighted by Gasteiger charge is -2.28. The third-order valence-electron chi connectivity index (χ3n) is 5.58. The Balaban J connectivity index is 1.36. The molecule has 1 fully saturated rings. The second-order valence-electron chi connectivity index (χ2n) is 7.80. The Morgan fingerprint density at radius 3 is 2.48 bits per heavy atom. The van der Waals surface area contributed by atoms with Crippen LogP contribution in [0.5, 0.6) is 0 Å². The number of likely N-dealkylation sites (tertiary alicyclic amines) is 1. The first kappa shape index (κ1) is 21.3. The number of amides is 2. The molecule has 0 atom stereocenters. The van der Waals surface area contributed by atoms with E-state index < -0.39 is 0 Å². The molecule has 0 radical (unpaired) electrons. The van der Waals surface area contributed by atoms with Crippen LogP contribution in [0.3, 0.4) is 0 Å². The molecule has 0 unspecified atom stereocenters. The molecule has 154 valence electrons. The maximum absolute atomic E-state index is 12.2. The van der Waals surface area contributed by atoms with E-state index in [4.69, 9.17) is 11.6 Å². The Labute approximate surface area is 177 Å². The molecule has 2 aromatic rings. The second kappa shape index (κ2) is 10.4. The van der Waals surface area contributed by atoms with Crippen LogP contribution in [0.25, 0.3) is 0 Å². The van der Waals surface area contributed by atoms with Gasteiger partial charge in [0.25, 0.3) is 5.91 Å². The average Bonchev–Trinajstić information content (AvgIpc) is 2.72. The molecule has 0 aliphatic carbocycles. The Hall–Kier alpha value is -2.37. The van der Waals surface area contributed by atoms with Gasteiger partial charge in [-0.1, -0.05) is 48.0 Å². The van der Waals surface area contributed by atoms with Crippen LogP contribution in [0.1, 0.15) is 24.0 Å². The zero-order valence-corrected chi connectivity index (χ0v) is 17.6. The molecule has 29 heavy (non-hydrogen) atoms. The highest BCUT2D eigenvalue weighted by atomic mass is 35.5. The summed E-state index contributed by atoms with van der Waals surface area (Å²) in [6.45, 7) is 4.23. The van der Waals surface area contributed by atoms with Crippen molar-refractivity contribution in [2.45, 2.75) is 26.2 Å². The molecule has 1 aliphatic heterocycles. The zero-order chi connectivity index (χ0) is 20.6. The predicted molar refractivity (Wildman–Crippen MR) is 116 cm³/mol. The van der Waals surface area contributed by atoms with Crippen molar-refractivity contribution >= 4 is 29.1 Å². The van der Waals surface area contributed by atoms with Crippen LogP contribution in [-0.4, -0.2) is 38.0 Å². The molecular weight excluding hydrogens is 386 g/mol. The minimum atomic E-state index is -0.250. The van der Waals surface area contributed by atoms with E-state index in [9.17, 15) is 9.59 Å². The van der Waals surface area contributed by atoms with Gasteiger partial charge in [-0.2, -0.15) is 0 Å². The van der Waals surface area contributed by atoms with Gasteiger partial charge in [0.2, 0.25) is 5.91 Å². The third kappa shape index (κ3) is 6.58. The molecule has 1 saturated heterocycles. The van der Waals surface area contributed by atoms with Gasteiger partial charge in [0.05, 0.1) is 19.6 Å². The van der Waals surface area contributed by atoms with E-state index in [1.807, 2.05) is 13.0 Å². The quantitative estimate of drug-likeness (QED) is 0.650. The summed E-state index contributed by atoms with van der Waals surface area (Å²) in [6.07, 6.45) is 3.38. The lowest BCUT2D eigenvalue weighted by Crippen LogP contribution is -3.14. The minimum Gasteiger partial charge on any atom is -0.342 e. The van der Waals surface area contributed by atoms with E-state index in [0.717, 1.165) is 37.9 Å². The van der Waals surface area contributed by atoms with Crippen molar-refractivity contribution in [1.29, 1.82) is 0 Å². The van der Waals surface area contributed by atoms with E-state index in [-0.39, 0.29) is 18.4 Å². The molecule has 0 saturated carbocycles. The number of carbonyl (C=O) groups is 2. The maximum Gasteiger partial charge on any atom is 0.275 e. The Kier molecular flexibility index (Phi) is 7.67. The Bertz CT molecular complexity index is 833. The number of benzene rings is 2. The van der Waals surface area contributed by atoms with Gasteiger partial charge < -0.3 is 15.5 Å². The van der Waals surface area contributed by atoms with Gasteiger partial charge in [0, 0.05) is 10.7 Å². The van der Waals surface area contributed by atoms with Gasteiger partial charge in [-0.05, 0) is 55.4 Å². The van der Waals surface area contributed by atoms with Gasteiger partial charge >= 0.3 is 0 Å². The number of rotatable bonds is 7. The maximum atomic E-state index is 12.2. The normalized spacial score (nSPS) is 18.8. The van der Waals surface area contributed by atoms with Crippen LogP contribution in [0.15, 0.2) is 48.5 Å². The highest BCUT2D eigenvalue weighted by Crippen LogP contribution is 2.22. The lowest BCUT2D eigenvalue weighted by atomic mass is 9.90. The molecular formula is C23H29ClN3O2+. The van der Waals surface area contributed by atoms with E-state index in [2.05, 4.69) is 34.9 Å². The molecule has 0 bridgehead atoms. The summed E-state index contributed by atoms with van der Waals surface area (Å²) >= 11 is 6.06. The van der Waals surface area contributed by atoms with E-state index in [1.54, 1.807) is 18.2 Å². The largest absolute Gasteiger partial charge is 0.342 e. The molecule has 1 aliphatic rings. The van der Waals surface area contributed by atoms with Crippen molar-refractivity contribution in [3.8, 4) is 0 Å². The summed E-state index contributed by atoms with van der Waals surface area (Å²) < 4.78 is 0. The molecule has 2 aromatic carbocycles. The third-order valence-corrected chi connectivity index (χ3v) is 5.99. The summed E-state index contributed by atoms with van der Waals surface area (Å²) in [4.78, 5) is 25.6. The average molecular weight is 415 g/mol. The first-order chi connectivity index (χ1) is 14.0. The van der Waals surface area contributed by atoms with Crippen molar-refractivity contribution in [2.75, 3.05) is 31.5 Å². The van der Waals surface area contributed by atoms with Crippen LogP contribution >= 0.6 is 11.6 Å². The van der Waals surface area contributed by atoms with Gasteiger partial charge in [-0.15, -0.1) is 0 Å². The van der Waals surface area contributed by atoms with Gasteiger partial charge in [-0.3, -0.25) is 9.59 Å². The lowest BCUT2D eigenvalue weighted by molar-refractivity contribution is -0.898. The standard InChI is InChI=1S/C23H28ClN3O2/c1-17-20(24)8-5-9-21(17)26-22(28)15-25-23(29)16-27-12-10-19(11-13-27)14-18-6-3-2-4-7-18/h2-9,19H,10-16H2,1H3,(H,25,29)(H,26,28)/p+1. The first-order valence-electron chi connectivity index (χ1n) is 10.2. The van der Waals surface area contributed by atoms with E-state index in [0.29, 0.717) is 23.2 Å². The van der Waals surface area contributed by atoms with Gasteiger partial charge in [-0.25, -0.2) is 0 Å². The van der Waals surface area contributed by atoms with Crippen molar-refractivity contribution in [1.82, 2.24) is 5.32 Å². The number of piperidine rings is 1. The predicted octanol–water partition coefficient (Wildman–Crippen LogP) is 2.24. The minimum absolute atomic E-state index is 0.0330. The first-order valence-corrected chi connectivity index (χ1v) is 10.6. The molecule has 0 spiro atoms. The summed E-state index contributed by atoms with van der Waals surface area (Å²) in [7, 11) is 0. The number of nitrogens with one attached hydrogen (secondary N) is 3. The van der Waals surface area contributed by atoms with Gasteiger partial charge in [0.15, 0.2) is 6.54 Å². The van der Waals surface area contributed by atoms with Crippen LogP contribution in [0.4, 0.5) is 5.69 Å². The summed E-state index contributed by atoms with van der Waals surface area (Å²) in [6, 6.07) is 15.9. The number of carbonyl (C=O) groups excluding carboxylic acids is 2. The monoisotopic (exact) mass is 414 g/mol. The fourth-order valence-corrected chi connectivity index (χ4v) is 3.99. The number of anilines is 1. The van der Waals surface area contributed by atoms with E-state index in [1.165, 1.54) is 10.5 Å². The topological polar surface area (TPSA) is 62.6 Å². The summed E-state index contributed by atoms with van der Waals surface area (Å²) in [5.41, 5.74) is 2.87. The zero-order valence-electron chi connectivity index (χ0n) is 16.8. The molecule has 2 amide bonds. The van der Waals surface area contributed by atoms with Crippen molar-refractivity contribution < 1.29 is 14.5 Å². The highest BCUT2D eigenvalue weighted by Gasteiger charge is 2.24. The number of hydrogen-bond donors (Lipinski definition) is 3. The van der Waals surface area contributed by atoms with Crippen LogP contribution in [0, 0.1) is 12.8 Å². The molecule has 3 N–H and O–H groups in total. The van der Waals surface area contributed by atoms with Gasteiger partial charge in [0.1, 0.15) is 0 Å². The molecule has 1 heterocycles. The van der Waals surface area contributed by atoms with Crippen LogP contribution < -0.4 is 15.5 Å². The van der Waals surface area contributed by atoms with Crippen molar-refractivity contribution in [3.05, 3.63) is 64.7 Å². The van der Waals surface area contributed by atoms with E-state index >= 15 is 0 Å². The fraction of sp³-hybridized carbons (Fsp3) is 0.391. The second-order valence-corrected chi connectivity index (χ2v) is 8.20. The molecule has 6 heteroatoms. The smallest absolute Gasteiger partial charge is 0.275 e. The highest BCUT2D eigenvalue weighted by molar-refractivity contribution is 6.31. The Morgan fingerprint density at radius 1 is 1.03 bits per heavy atom. The number of hydrogen-bond acceptors (Lipinski definition) is 2. The number of quaternary nitrogens is 1. The molecule has 3 rings (SSSR count). The summed E-state index contributed by atoms with van der Waals surface area (Å²) in [5, 5.41) is 6.13. The fourth-order valence-electron chi connectivity index (χ4n) is 3.82. The van der Waals surface area contributed by atoms with Crippen LogP contribution in [-0.2, 0) is 16.0 Å². The van der Waals surface area contributed by atoms with Crippen molar-refractivity contribution in [2.24, 2.45) is 5.92 Å². The molecule has 5 nitrogen and oxygen atoms in total. The molecule has 0 aromatic heterocycles. The van der Waals surface area contributed by atoms with Crippen LogP contribution in [0.2, 0.25) is 5.02 Å².